The number of carbonyl (C=O) groups is 2. The SMILES string of the molecule is Cc1sc(C)c(C(=O)NC(C)c2ccc(C(=O)O)cc2)c1Cc1cccc(C(F)(F)F)c1. The van der Waals surface area contributed by atoms with E-state index in [4.69, 9.17) is 5.11 Å². The van der Waals surface area contributed by atoms with Gasteiger partial charge in [0.25, 0.3) is 5.91 Å². The molecule has 0 saturated carbocycles. The molecule has 4 nitrogen and oxygen atoms in total. The molecule has 0 fully saturated rings. The molecule has 1 aromatic heterocycles. The maximum atomic E-state index is 13.1. The molecule has 0 radical (unpaired) electrons. The van der Waals surface area contributed by atoms with Gasteiger partial charge in [0, 0.05) is 9.75 Å². The number of aryl methyl sites for hydroxylation is 2. The second-order valence-electron chi connectivity index (χ2n) is 7.57. The zero-order chi connectivity index (χ0) is 23.6. The fourth-order valence-corrected chi connectivity index (χ4v) is 4.64. The molecule has 0 spiro atoms. The summed E-state index contributed by atoms with van der Waals surface area (Å²) >= 11 is 1.43. The molecule has 1 amide bonds. The Balaban J connectivity index is 1.84. The highest BCUT2D eigenvalue weighted by Gasteiger charge is 2.30. The summed E-state index contributed by atoms with van der Waals surface area (Å²) in [6.45, 7) is 5.45. The lowest BCUT2D eigenvalue weighted by Gasteiger charge is -2.16. The van der Waals surface area contributed by atoms with E-state index in [-0.39, 0.29) is 23.9 Å². The molecule has 3 rings (SSSR count). The predicted octanol–water partition coefficient (Wildman–Crippen LogP) is 6.16. The molecule has 1 unspecified atom stereocenters. The second-order valence-corrected chi connectivity index (χ2v) is 8.99. The van der Waals surface area contributed by atoms with Gasteiger partial charge in [0.1, 0.15) is 0 Å². The lowest BCUT2D eigenvalue weighted by molar-refractivity contribution is -0.137. The second kappa shape index (κ2) is 9.16. The van der Waals surface area contributed by atoms with Gasteiger partial charge < -0.3 is 10.4 Å². The van der Waals surface area contributed by atoms with Crippen LogP contribution in [0.15, 0.2) is 48.5 Å². The number of hydrogen-bond donors (Lipinski definition) is 2. The molecule has 1 heterocycles. The van der Waals surface area contributed by atoms with E-state index in [1.54, 1.807) is 25.1 Å². The number of hydrogen-bond acceptors (Lipinski definition) is 3. The van der Waals surface area contributed by atoms with Crippen molar-refractivity contribution in [2.24, 2.45) is 0 Å². The number of rotatable bonds is 6. The number of thiophene rings is 1. The highest BCUT2D eigenvalue weighted by atomic mass is 32.1. The summed E-state index contributed by atoms with van der Waals surface area (Å²) < 4.78 is 39.2. The van der Waals surface area contributed by atoms with Crippen molar-refractivity contribution in [3.63, 3.8) is 0 Å². The summed E-state index contributed by atoms with van der Waals surface area (Å²) in [6, 6.07) is 11.0. The quantitative estimate of drug-likeness (QED) is 0.462. The normalized spacial score (nSPS) is 12.4. The molecular formula is C24H22F3NO3S. The van der Waals surface area contributed by atoms with Gasteiger partial charge in [-0.25, -0.2) is 4.79 Å². The van der Waals surface area contributed by atoms with Gasteiger partial charge in [-0.2, -0.15) is 13.2 Å². The Bertz CT molecular complexity index is 1150. The summed E-state index contributed by atoms with van der Waals surface area (Å²) in [5, 5.41) is 11.9. The Morgan fingerprint density at radius 3 is 2.31 bits per heavy atom. The topological polar surface area (TPSA) is 66.4 Å². The van der Waals surface area contributed by atoms with Gasteiger partial charge in [-0.05, 0) is 62.1 Å². The van der Waals surface area contributed by atoms with Crippen molar-refractivity contribution in [3.05, 3.63) is 91.7 Å². The summed E-state index contributed by atoms with van der Waals surface area (Å²) in [7, 11) is 0. The van der Waals surface area contributed by atoms with Gasteiger partial charge in [-0.3, -0.25) is 4.79 Å². The summed E-state index contributed by atoms with van der Waals surface area (Å²) in [5.41, 5.74) is 1.83. The number of amides is 1. The van der Waals surface area contributed by atoms with Crippen LogP contribution >= 0.6 is 11.3 Å². The number of aromatic carboxylic acids is 1. The van der Waals surface area contributed by atoms with Crippen molar-refractivity contribution >= 4 is 23.2 Å². The lowest BCUT2D eigenvalue weighted by Crippen LogP contribution is -2.27. The first-order valence-corrected chi connectivity index (χ1v) is 10.7. The van der Waals surface area contributed by atoms with Crippen molar-refractivity contribution in [3.8, 4) is 0 Å². The largest absolute Gasteiger partial charge is 0.478 e. The van der Waals surface area contributed by atoms with Gasteiger partial charge in [-0.15, -0.1) is 11.3 Å². The van der Waals surface area contributed by atoms with Crippen LogP contribution in [0.4, 0.5) is 13.2 Å². The van der Waals surface area contributed by atoms with Gasteiger partial charge >= 0.3 is 12.1 Å². The van der Waals surface area contributed by atoms with E-state index in [0.29, 0.717) is 16.7 Å². The maximum absolute atomic E-state index is 13.1. The van der Waals surface area contributed by atoms with Gasteiger partial charge in [0.05, 0.1) is 22.7 Å². The smallest absolute Gasteiger partial charge is 0.416 e. The Kier molecular flexibility index (Phi) is 6.74. The van der Waals surface area contributed by atoms with Crippen molar-refractivity contribution in [1.82, 2.24) is 5.32 Å². The average Bonchev–Trinajstić information content (AvgIpc) is 3.00. The third kappa shape index (κ3) is 5.19. The highest BCUT2D eigenvalue weighted by Crippen LogP contribution is 2.33. The van der Waals surface area contributed by atoms with E-state index >= 15 is 0 Å². The number of alkyl halides is 3. The van der Waals surface area contributed by atoms with Crippen molar-refractivity contribution < 1.29 is 27.9 Å². The van der Waals surface area contributed by atoms with Crippen molar-refractivity contribution in [1.29, 1.82) is 0 Å². The summed E-state index contributed by atoms with van der Waals surface area (Å²) in [4.78, 5) is 25.8. The Morgan fingerprint density at radius 1 is 1.06 bits per heavy atom. The summed E-state index contributed by atoms with van der Waals surface area (Å²) in [5.74, 6) is -1.35. The molecule has 1 atom stereocenters. The first kappa shape index (κ1) is 23.5. The molecular weight excluding hydrogens is 439 g/mol. The number of benzene rings is 2. The van der Waals surface area contributed by atoms with E-state index in [9.17, 15) is 22.8 Å². The fraction of sp³-hybridized carbons (Fsp3) is 0.250. The van der Waals surface area contributed by atoms with E-state index in [2.05, 4.69) is 5.32 Å². The number of nitrogens with one attached hydrogen (secondary N) is 1. The zero-order valence-corrected chi connectivity index (χ0v) is 18.5. The van der Waals surface area contributed by atoms with Gasteiger partial charge in [0.15, 0.2) is 0 Å². The van der Waals surface area contributed by atoms with Crippen LogP contribution in [-0.4, -0.2) is 17.0 Å². The van der Waals surface area contributed by atoms with Crippen LogP contribution in [0.2, 0.25) is 0 Å². The van der Waals surface area contributed by atoms with E-state index in [0.717, 1.165) is 27.5 Å². The molecule has 2 aromatic carbocycles. The lowest BCUT2D eigenvalue weighted by atomic mass is 9.98. The van der Waals surface area contributed by atoms with Crippen LogP contribution in [0.5, 0.6) is 0 Å². The zero-order valence-electron chi connectivity index (χ0n) is 17.7. The molecule has 32 heavy (non-hydrogen) atoms. The molecule has 0 aliphatic heterocycles. The minimum atomic E-state index is -4.43. The van der Waals surface area contributed by atoms with E-state index in [1.807, 2.05) is 13.8 Å². The van der Waals surface area contributed by atoms with E-state index < -0.39 is 17.7 Å². The minimum absolute atomic E-state index is 0.153. The van der Waals surface area contributed by atoms with Crippen LogP contribution in [0, 0.1) is 13.8 Å². The molecule has 8 heteroatoms. The molecule has 0 bridgehead atoms. The monoisotopic (exact) mass is 461 g/mol. The molecule has 2 N–H and O–H groups in total. The molecule has 3 aromatic rings. The average molecular weight is 462 g/mol. The highest BCUT2D eigenvalue weighted by molar-refractivity contribution is 7.12. The van der Waals surface area contributed by atoms with Gasteiger partial charge in [-0.1, -0.05) is 30.3 Å². The van der Waals surface area contributed by atoms with Crippen LogP contribution in [-0.2, 0) is 12.6 Å². The summed E-state index contributed by atoms with van der Waals surface area (Å²) in [6.07, 6.45) is -4.22. The molecule has 0 aliphatic rings. The molecule has 0 saturated heterocycles. The third-order valence-corrected chi connectivity index (χ3v) is 6.32. The molecule has 168 valence electrons. The predicted molar refractivity (Wildman–Crippen MR) is 117 cm³/mol. The Labute approximate surface area is 187 Å². The molecule has 0 aliphatic carbocycles. The fourth-order valence-electron chi connectivity index (χ4n) is 3.57. The van der Waals surface area contributed by atoms with E-state index in [1.165, 1.54) is 29.5 Å². The van der Waals surface area contributed by atoms with Crippen LogP contribution < -0.4 is 5.32 Å². The van der Waals surface area contributed by atoms with Crippen LogP contribution in [0.25, 0.3) is 0 Å². The number of carbonyl (C=O) groups excluding carboxylic acids is 1. The Morgan fingerprint density at radius 2 is 1.72 bits per heavy atom. The maximum Gasteiger partial charge on any atom is 0.416 e. The first-order valence-electron chi connectivity index (χ1n) is 9.86. The number of carboxylic acid groups (broad SMARTS) is 1. The number of carboxylic acids is 1. The third-order valence-electron chi connectivity index (χ3n) is 5.25. The first-order chi connectivity index (χ1) is 15.0. The number of halogens is 3. The Hall–Kier alpha value is -3.13. The standard InChI is InChI=1S/C24H22F3NO3S/c1-13(17-7-9-18(10-8-17)23(30)31)28-22(29)21-15(3)32-14(2)20(21)12-16-5-4-6-19(11-16)24(25,26)27/h4-11,13H,12H2,1-3H3,(H,28,29)(H,30,31). The van der Waals surface area contributed by atoms with Crippen LogP contribution in [0.1, 0.15) is 65.7 Å². The van der Waals surface area contributed by atoms with Gasteiger partial charge in [0.2, 0.25) is 0 Å². The van der Waals surface area contributed by atoms with Crippen molar-refractivity contribution in [2.75, 3.05) is 0 Å². The minimum Gasteiger partial charge on any atom is -0.478 e. The van der Waals surface area contributed by atoms with Crippen molar-refractivity contribution in [2.45, 2.75) is 39.4 Å². The van der Waals surface area contributed by atoms with Crippen LogP contribution in [0.3, 0.4) is 0 Å².